The van der Waals surface area contributed by atoms with Crippen molar-refractivity contribution in [1.82, 2.24) is 15.1 Å². The van der Waals surface area contributed by atoms with Crippen LogP contribution in [0.4, 0.5) is 0 Å². The average molecular weight is 339 g/mol. The molecule has 5 heteroatoms. The third kappa shape index (κ3) is 3.28. The van der Waals surface area contributed by atoms with Gasteiger partial charge in [0.25, 0.3) is 0 Å². The zero-order valence-electron chi connectivity index (χ0n) is 14.7. The number of aryl methyl sites for hydroxylation is 1. The quantitative estimate of drug-likeness (QED) is 0.932. The van der Waals surface area contributed by atoms with Gasteiger partial charge in [0.15, 0.2) is 0 Å². The molecule has 1 aromatic carbocycles. The standard InChI is InChI=1S/C20H25N3O2/c1-14-18(13-21-22-14)15-6-9-23(10-7-15)20(24)12-16-8-11-25-19-5-3-2-4-17(16)19/h2-5,13,15-16H,6-12H2,1H3,(H,21,22). The summed E-state index contributed by atoms with van der Waals surface area (Å²) in [7, 11) is 0. The van der Waals surface area contributed by atoms with Gasteiger partial charge in [0, 0.05) is 25.2 Å². The van der Waals surface area contributed by atoms with Gasteiger partial charge >= 0.3 is 0 Å². The maximum absolute atomic E-state index is 12.8. The Balaban J connectivity index is 1.36. The van der Waals surface area contributed by atoms with Crippen LogP contribution in [0.3, 0.4) is 0 Å². The molecule has 1 unspecified atom stereocenters. The van der Waals surface area contributed by atoms with Gasteiger partial charge in [0.05, 0.1) is 12.8 Å². The summed E-state index contributed by atoms with van der Waals surface area (Å²) in [5.74, 6) is 2.03. The highest BCUT2D eigenvalue weighted by atomic mass is 16.5. The number of H-pyrrole nitrogens is 1. The highest BCUT2D eigenvalue weighted by Gasteiger charge is 2.29. The van der Waals surface area contributed by atoms with Crippen LogP contribution in [-0.4, -0.2) is 40.7 Å². The summed E-state index contributed by atoms with van der Waals surface area (Å²) < 4.78 is 5.71. The zero-order valence-corrected chi connectivity index (χ0v) is 14.7. The minimum atomic E-state index is 0.282. The number of hydrogen-bond donors (Lipinski definition) is 1. The van der Waals surface area contributed by atoms with Gasteiger partial charge in [-0.15, -0.1) is 0 Å². The van der Waals surface area contributed by atoms with E-state index in [1.807, 2.05) is 29.3 Å². The van der Waals surface area contributed by atoms with E-state index in [4.69, 9.17) is 4.74 Å². The number of aromatic nitrogens is 2. The Bertz CT molecular complexity index is 747. The lowest BCUT2D eigenvalue weighted by atomic mass is 9.87. The summed E-state index contributed by atoms with van der Waals surface area (Å²) in [5, 5.41) is 7.15. The van der Waals surface area contributed by atoms with E-state index >= 15 is 0 Å². The van der Waals surface area contributed by atoms with Crippen LogP contribution in [0.25, 0.3) is 0 Å². The fraction of sp³-hybridized carbons (Fsp3) is 0.500. The van der Waals surface area contributed by atoms with E-state index < -0.39 is 0 Å². The highest BCUT2D eigenvalue weighted by molar-refractivity contribution is 5.77. The average Bonchev–Trinajstić information content (AvgIpc) is 3.08. The predicted molar refractivity (Wildman–Crippen MR) is 95.8 cm³/mol. The number of ether oxygens (including phenoxy) is 1. The second-order valence-corrected chi connectivity index (χ2v) is 7.18. The summed E-state index contributed by atoms with van der Waals surface area (Å²) in [4.78, 5) is 14.8. The molecule has 5 nitrogen and oxygen atoms in total. The Morgan fingerprint density at radius 1 is 1.24 bits per heavy atom. The number of carbonyl (C=O) groups is 1. The molecule has 0 bridgehead atoms. The van der Waals surface area contributed by atoms with Crippen molar-refractivity contribution in [3.05, 3.63) is 47.3 Å². The lowest BCUT2D eigenvalue weighted by Gasteiger charge is -2.33. The van der Waals surface area contributed by atoms with Crippen LogP contribution in [-0.2, 0) is 4.79 Å². The molecule has 132 valence electrons. The number of rotatable bonds is 3. The van der Waals surface area contributed by atoms with Crippen LogP contribution < -0.4 is 4.74 Å². The molecule has 0 aliphatic carbocycles. The fourth-order valence-electron chi connectivity index (χ4n) is 4.18. The van der Waals surface area contributed by atoms with Crippen LogP contribution >= 0.6 is 0 Å². The van der Waals surface area contributed by atoms with Gasteiger partial charge < -0.3 is 9.64 Å². The molecule has 1 atom stereocenters. The molecule has 25 heavy (non-hydrogen) atoms. The van der Waals surface area contributed by atoms with E-state index in [0.717, 1.165) is 43.8 Å². The van der Waals surface area contributed by atoms with E-state index in [2.05, 4.69) is 23.2 Å². The van der Waals surface area contributed by atoms with Gasteiger partial charge in [0.1, 0.15) is 5.75 Å². The first-order valence-corrected chi connectivity index (χ1v) is 9.21. The van der Waals surface area contributed by atoms with Crippen molar-refractivity contribution in [3.8, 4) is 5.75 Å². The fourth-order valence-corrected chi connectivity index (χ4v) is 4.18. The Hall–Kier alpha value is -2.30. The molecule has 0 radical (unpaired) electrons. The SMILES string of the molecule is Cc1[nH]ncc1C1CCN(C(=O)CC2CCOc3ccccc32)CC1. The molecule has 3 heterocycles. The summed E-state index contributed by atoms with van der Waals surface area (Å²) >= 11 is 0. The normalized spacial score (nSPS) is 20.8. The van der Waals surface area contributed by atoms with Crippen molar-refractivity contribution in [2.75, 3.05) is 19.7 Å². The summed E-state index contributed by atoms with van der Waals surface area (Å²) in [6, 6.07) is 8.13. The number of fused-ring (bicyclic) bond motifs is 1. The number of likely N-dealkylation sites (tertiary alicyclic amines) is 1. The Labute approximate surface area is 148 Å². The van der Waals surface area contributed by atoms with Crippen LogP contribution in [0.2, 0.25) is 0 Å². The largest absolute Gasteiger partial charge is 0.493 e. The molecular formula is C20H25N3O2. The van der Waals surface area contributed by atoms with Gasteiger partial charge in [-0.25, -0.2) is 0 Å². The molecule has 2 aliphatic heterocycles. The molecule has 1 fully saturated rings. The first kappa shape index (κ1) is 16.2. The van der Waals surface area contributed by atoms with Crippen LogP contribution in [0.1, 0.15) is 54.3 Å². The van der Waals surface area contributed by atoms with Crippen LogP contribution in [0.5, 0.6) is 5.75 Å². The maximum Gasteiger partial charge on any atom is 0.223 e. The van der Waals surface area contributed by atoms with Crippen molar-refractivity contribution < 1.29 is 9.53 Å². The van der Waals surface area contributed by atoms with Gasteiger partial charge in [-0.1, -0.05) is 18.2 Å². The predicted octanol–water partition coefficient (Wildman–Crippen LogP) is 3.38. The van der Waals surface area contributed by atoms with Crippen molar-refractivity contribution in [3.63, 3.8) is 0 Å². The molecule has 4 rings (SSSR count). The Morgan fingerprint density at radius 3 is 2.80 bits per heavy atom. The molecule has 1 saturated heterocycles. The summed E-state index contributed by atoms with van der Waals surface area (Å²) in [6.07, 6.45) is 5.51. The molecule has 0 spiro atoms. The first-order chi connectivity index (χ1) is 12.2. The van der Waals surface area contributed by atoms with E-state index in [1.54, 1.807) is 0 Å². The van der Waals surface area contributed by atoms with Gasteiger partial charge in [-0.2, -0.15) is 5.10 Å². The molecule has 2 aromatic rings. The number of benzene rings is 1. The molecule has 1 N–H and O–H groups in total. The van der Waals surface area contributed by atoms with E-state index in [9.17, 15) is 4.79 Å². The first-order valence-electron chi connectivity index (χ1n) is 9.21. The van der Waals surface area contributed by atoms with Gasteiger partial charge in [-0.05, 0) is 55.2 Å². The minimum absolute atomic E-state index is 0.282. The molecule has 2 aliphatic rings. The van der Waals surface area contributed by atoms with Crippen molar-refractivity contribution >= 4 is 5.91 Å². The minimum Gasteiger partial charge on any atom is -0.493 e. The monoisotopic (exact) mass is 339 g/mol. The van der Waals surface area contributed by atoms with Crippen LogP contribution in [0, 0.1) is 6.92 Å². The number of carbonyl (C=O) groups excluding carboxylic acids is 1. The van der Waals surface area contributed by atoms with Gasteiger partial charge in [0.2, 0.25) is 5.91 Å². The van der Waals surface area contributed by atoms with E-state index in [-0.39, 0.29) is 11.8 Å². The number of hydrogen-bond acceptors (Lipinski definition) is 3. The maximum atomic E-state index is 12.8. The van der Waals surface area contributed by atoms with Crippen molar-refractivity contribution in [1.29, 1.82) is 0 Å². The van der Waals surface area contributed by atoms with E-state index in [0.29, 0.717) is 18.9 Å². The van der Waals surface area contributed by atoms with Gasteiger partial charge in [-0.3, -0.25) is 9.89 Å². The Kier molecular flexibility index (Phi) is 4.47. The number of nitrogens with one attached hydrogen (secondary N) is 1. The third-order valence-corrected chi connectivity index (χ3v) is 5.66. The smallest absolute Gasteiger partial charge is 0.223 e. The molecule has 1 aromatic heterocycles. The molecule has 0 saturated carbocycles. The number of piperidine rings is 1. The number of aromatic amines is 1. The topological polar surface area (TPSA) is 58.2 Å². The Morgan fingerprint density at radius 2 is 2.04 bits per heavy atom. The molecular weight excluding hydrogens is 314 g/mol. The second-order valence-electron chi connectivity index (χ2n) is 7.18. The lowest BCUT2D eigenvalue weighted by molar-refractivity contribution is -0.132. The number of nitrogens with zero attached hydrogens (tertiary/aromatic N) is 2. The number of amides is 1. The zero-order chi connectivity index (χ0) is 17.2. The lowest BCUT2D eigenvalue weighted by Crippen LogP contribution is -2.38. The summed E-state index contributed by atoms with van der Waals surface area (Å²) in [6.45, 7) is 4.47. The summed E-state index contributed by atoms with van der Waals surface area (Å²) in [5.41, 5.74) is 3.65. The van der Waals surface area contributed by atoms with Crippen LogP contribution in [0.15, 0.2) is 30.5 Å². The van der Waals surface area contributed by atoms with E-state index in [1.165, 1.54) is 11.1 Å². The third-order valence-electron chi connectivity index (χ3n) is 5.66. The second kappa shape index (κ2) is 6.90. The molecule has 1 amide bonds. The van der Waals surface area contributed by atoms with Crippen molar-refractivity contribution in [2.24, 2.45) is 0 Å². The van der Waals surface area contributed by atoms with Crippen molar-refractivity contribution in [2.45, 2.75) is 44.4 Å². The number of para-hydroxylation sites is 1. The highest BCUT2D eigenvalue weighted by Crippen LogP contribution is 2.36.